The number of anilines is 3. The largest absolute Gasteiger partial charge is 0.311 e. The molecular formula is C49H32N2. The van der Waals surface area contributed by atoms with Crippen LogP contribution in [0.25, 0.3) is 65.7 Å². The number of rotatable bonds is 6. The van der Waals surface area contributed by atoms with Gasteiger partial charge in [-0.3, -0.25) is 0 Å². The molecule has 0 bridgehead atoms. The Balaban J connectivity index is 1.08. The summed E-state index contributed by atoms with van der Waals surface area (Å²) < 4.78 is 0. The molecule has 0 aliphatic carbocycles. The molecule has 0 spiro atoms. The van der Waals surface area contributed by atoms with Crippen LogP contribution in [0.4, 0.5) is 17.1 Å². The van der Waals surface area contributed by atoms with Crippen molar-refractivity contribution in [3.05, 3.63) is 200 Å². The fourth-order valence-electron chi connectivity index (χ4n) is 7.09. The van der Waals surface area contributed by atoms with Crippen molar-refractivity contribution in [2.75, 3.05) is 4.90 Å². The molecule has 0 aliphatic rings. The Bertz CT molecular complexity index is 2610. The SMILES string of the molecule is N#Cc1ccc2cc(-c3ccc(N(c4ccc(-c5ccc6ccccc6c5)cc4)c4ccc(-c5ccc6ccccc6c5)cc4)cc3)ccc2c1. The predicted octanol–water partition coefficient (Wildman–Crippen LogP) is 13.5. The van der Waals surface area contributed by atoms with Gasteiger partial charge in [-0.1, -0.05) is 127 Å². The monoisotopic (exact) mass is 648 g/mol. The van der Waals surface area contributed by atoms with Gasteiger partial charge in [0.25, 0.3) is 0 Å². The van der Waals surface area contributed by atoms with Crippen LogP contribution in [0.3, 0.4) is 0 Å². The third-order valence-corrected chi connectivity index (χ3v) is 9.84. The number of hydrogen-bond donors (Lipinski definition) is 0. The van der Waals surface area contributed by atoms with E-state index in [-0.39, 0.29) is 0 Å². The first-order valence-corrected chi connectivity index (χ1v) is 17.2. The second-order valence-corrected chi connectivity index (χ2v) is 13.0. The van der Waals surface area contributed by atoms with Crippen LogP contribution < -0.4 is 4.90 Å². The molecule has 0 heterocycles. The lowest BCUT2D eigenvalue weighted by molar-refractivity contribution is 1.28. The topological polar surface area (TPSA) is 27.0 Å². The normalized spacial score (nSPS) is 11.1. The Hall–Kier alpha value is -6.95. The summed E-state index contributed by atoms with van der Waals surface area (Å²) in [5.74, 6) is 0. The molecule has 9 aromatic rings. The minimum absolute atomic E-state index is 0.676. The van der Waals surface area contributed by atoms with Crippen LogP contribution in [0.5, 0.6) is 0 Å². The van der Waals surface area contributed by atoms with Gasteiger partial charge in [-0.25, -0.2) is 0 Å². The van der Waals surface area contributed by atoms with E-state index in [0.29, 0.717) is 5.56 Å². The zero-order valence-corrected chi connectivity index (χ0v) is 27.9. The van der Waals surface area contributed by atoms with E-state index in [1.54, 1.807) is 0 Å². The van der Waals surface area contributed by atoms with E-state index in [4.69, 9.17) is 0 Å². The highest BCUT2D eigenvalue weighted by atomic mass is 15.1. The third kappa shape index (κ3) is 5.88. The Morgan fingerprint density at radius 3 is 1.02 bits per heavy atom. The standard InChI is InChI=1S/C49H32N2/c50-33-34-9-10-46-32-45(16-15-42(46)29-34)39-21-27-49(28-22-39)51(47-23-17-37(18-24-47)43-13-11-35-5-1-3-7-40(35)30-43)48-25-19-38(20-26-48)44-14-12-36-6-2-4-8-41(36)31-44/h1-32H. The lowest BCUT2D eigenvalue weighted by atomic mass is 9.99. The summed E-state index contributed by atoms with van der Waals surface area (Å²) in [6.07, 6.45) is 0. The van der Waals surface area contributed by atoms with Crippen LogP contribution in [0.2, 0.25) is 0 Å². The molecule has 0 saturated heterocycles. The van der Waals surface area contributed by atoms with Crippen LogP contribution >= 0.6 is 0 Å². The van der Waals surface area contributed by atoms with Gasteiger partial charge in [-0.15, -0.1) is 0 Å². The molecule has 2 nitrogen and oxygen atoms in total. The van der Waals surface area contributed by atoms with Gasteiger partial charge >= 0.3 is 0 Å². The van der Waals surface area contributed by atoms with Crippen LogP contribution in [-0.4, -0.2) is 0 Å². The molecule has 9 aromatic carbocycles. The average Bonchev–Trinajstić information content (AvgIpc) is 3.21. The van der Waals surface area contributed by atoms with Crippen molar-refractivity contribution in [3.8, 4) is 39.4 Å². The van der Waals surface area contributed by atoms with Crippen LogP contribution in [-0.2, 0) is 0 Å². The molecule has 0 atom stereocenters. The summed E-state index contributed by atoms with van der Waals surface area (Å²) in [4.78, 5) is 2.32. The first-order valence-electron chi connectivity index (χ1n) is 17.2. The van der Waals surface area contributed by atoms with E-state index in [9.17, 15) is 5.26 Å². The quantitative estimate of drug-likeness (QED) is 0.179. The molecular weight excluding hydrogens is 617 g/mol. The molecule has 0 aliphatic heterocycles. The molecule has 0 amide bonds. The summed E-state index contributed by atoms with van der Waals surface area (Å²) in [6.45, 7) is 0. The van der Waals surface area contributed by atoms with E-state index in [0.717, 1.165) is 39.0 Å². The highest BCUT2D eigenvalue weighted by molar-refractivity contribution is 5.91. The van der Waals surface area contributed by atoms with Gasteiger partial charge in [-0.05, 0) is 132 Å². The maximum atomic E-state index is 9.31. The maximum absolute atomic E-state index is 9.31. The Morgan fingerprint density at radius 1 is 0.294 bits per heavy atom. The number of benzene rings is 9. The minimum Gasteiger partial charge on any atom is -0.311 e. The fraction of sp³-hybridized carbons (Fsp3) is 0. The van der Waals surface area contributed by atoms with Gasteiger partial charge in [-0.2, -0.15) is 5.26 Å². The average molecular weight is 649 g/mol. The predicted molar refractivity (Wildman–Crippen MR) is 215 cm³/mol. The summed E-state index contributed by atoms with van der Waals surface area (Å²) in [5, 5.41) is 16.5. The van der Waals surface area contributed by atoms with E-state index in [1.165, 1.54) is 43.8 Å². The Labute approximate surface area is 297 Å². The van der Waals surface area contributed by atoms with Gasteiger partial charge in [0.05, 0.1) is 11.6 Å². The van der Waals surface area contributed by atoms with E-state index < -0.39 is 0 Å². The fourth-order valence-corrected chi connectivity index (χ4v) is 7.09. The molecule has 0 aromatic heterocycles. The van der Waals surface area contributed by atoms with Gasteiger partial charge in [0.2, 0.25) is 0 Å². The number of nitriles is 1. The molecule has 51 heavy (non-hydrogen) atoms. The molecule has 0 radical (unpaired) electrons. The van der Waals surface area contributed by atoms with E-state index in [1.807, 2.05) is 18.2 Å². The summed E-state index contributed by atoms with van der Waals surface area (Å²) in [5.41, 5.74) is 11.0. The summed E-state index contributed by atoms with van der Waals surface area (Å²) >= 11 is 0. The molecule has 0 saturated carbocycles. The first-order chi connectivity index (χ1) is 25.2. The van der Waals surface area contributed by atoms with Gasteiger partial charge in [0.1, 0.15) is 0 Å². The molecule has 0 unspecified atom stereocenters. The first kappa shape index (κ1) is 30.1. The minimum atomic E-state index is 0.676. The second-order valence-electron chi connectivity index (χ2n) is 13.0. The van der Waals surface area contributed by atoms with Crippen LogP contribution in [0.15, 0.2) is 194 Å². The van der Waals surface area contributed by atoms with Crippen LogP contribution in [0, 0.1) is 11.3 Å². The molecule has 9 rings (SSSR count). The van der Waals surface area contributed by atoms with E-state index in [2.05, 4.69) is 187 Å². The highest BCUT2D eigenvalue weighted by Crippen LogP contribution is 2.38. The molecule has 2 heteroatoms. The summed E-state index contributed by atoms with van der Waals surface area (Å²) in [6, 6.07) is 71.4. The van der Waals surface area contributed by atoms with Crippen molar-refractivity contribution >= 4 is 49.4 Å². The smallest absolute Gasteiger partial charge is 0.0991 e. The van der Waals surface area contributed by atoms with Gasteiger partial charge in [0, 0.05) is 17.1 Å². The molecule has 0 fully saturated rings. The van der Waals surface area contributed by atoms with Crippen molar-refractivity contribution in [2.24, 2.45) is 0 Å². The zero-order valence-electron chi connectivity index (χ0n) is 27.9. The highest BCUT2D eigenvalue weighted by Gasteiger charge is 2.14. The van der Waals surface area contributed by atoms with Gasteiger partial charge < -0.3 is 4.90 Å². The van der Waals surface area contributed by atoms with E-state index >= 15 is 0 Å². The number of fused-ring (bicyclic) bond motifs is 3. The Morgan fingerprint density at radius 2 is 0.608 bits per heavy atom. The molecule has 238 valence electrons. The second kappa shape index (κ2) is 12.8. The number of nitrogens with zero attached hydrogens (tertiary/aromatic N) is 2. The van der Waals surface area contributed by atoms with Crippen molar-refractivity contribution in [1.29, 1.82) is 5.26 Å². The van der Waals surface area contributed by atoms with Gasteiger partial charge in [0.15, 0.2) is 0 Å². The number of hydrogen-bond acceptors (Lipinski definition) is 2. The Kier molecular flexibility index (Phi) is 7.58. The van der Waals surface area contributed by atoms with Crippen molar-refractivity contribution in [3.63, 3.8) is 0 Å². The maximum Gasteiger partial charge on any atom is 0.0991 e. The lowest BCUT2D eigenvalue weighted by Crippen LogP contribution is -2.09. The molecule has 0 N–H and O–H groups in total. The summed E-state index contributed by atoms with van der Waals surface area (Å²) in [7, 11) is 0. The van der Waals surface area contributed by atoms with Crippen molar-refractivity contribution in [2.45, 2.75) is 0 Å². The third-order valence-electron chi connectivity index (χ3n) is 9.84. The van der Waals surface area contributed by atoms with Crippen LogP contribution in [0.1, 0.15) is 5.56 Å². The van der Waals surface area contributed by atoms with Crippen molar-refractivity contribution < 1.29 is 0 Å². The van der Waals surface area contributed by atoms with Crippen molar-refractivity contribution in [1.82, 2.24) is 0 Å². The zero-order chi connectivity index (χ0) is 34.1. The lowest BCUT2D eigenvalue weighted by Gasteiger charge is -2.26.